The smallest absolute Gasteiger partial charge is 0.278 e. The number of amides is 1. The number of hydrogen-bond acceptors (Lipinski definition) is 7. The number of halogens is 3. The first-order valence-corrected chi connectivity index (χ1v) is 13.0. The van der Waals surface area contributed by atoms with Crippen molar-refractivity contribution in [3.8, 4) is 5.19 Å². The highest BCUT2D eigenvalue weighted by atomic mass is 32.1. The number of rotatable bonds is 9. The highest BCUT2D eigenvalue weighted by Gasteiger charge is 2.36. The third-order valence-corrected chi connectivity index (χ3v) is 7.66. The van der Waals surface area contributed by atoms with Gasteiger partial charge in [-0.2, -0.15) is 0 Å². The highest BCUT2D eigenvalue weighted by Crippen LogP contribution is 2.36. The summed E-state index contributed by atoms with van der Waals surface area (Å²) in [5, 5.41) is 7.05. The second kappa shape index (κ2) is 10.9. The molecule has 7 nitrogen and oxygen atoms in total. The van der Waals surface area contributed by atoms with Crippen molar-refractivity contribution in [2.75, 3.05) is 19.7 Å². The summed E-state index contributed by atoms with van der Waals surface area (Å²) in [6.07, 6.45) is 4.35. The number of carbonyl (C=O) groups excluding carboxylic acids is 1. The van der Waals surface area contributed by atoms with Gasteiger partial charge in [0.05, 0.1) is 17.8 Å². The van der Waals surface area contributed by atoms with Crippen molar-refractivity contribution in [2.24, 2.45) is 0 Å². The lowest BCUT2D eigenvalue weighted by atomic mass is 9.81. The largest absolute Gasteiger partial charge is 0.464 e. The van der Waals surface area contributed by atoms with Crippen LogP contribution >= 0.6 is 11.3 Å². The van der Waals surface area contributed by atoms with Crippen LogP contribution in [0, 0.1) is 6.92 Å². The van der Waals surface area contributed by atoms with Crippen LogP contribution in [0.4, 0.5) is 13.2 Å². The van der Waals surface area contributed by atoms with Gasteiger partial charge in [0.25, 0.3) is 11.1 Å². The molecule has 0 atom stereocenters. The number of fused-ring (bicyclic) bond motifs is 1. The molecule has 0 bridgehead atoms. The lowest BCUT2D eigenvalue weighted by molar-refractivity contribution is -0.121. The molecule has 1 N–H and O–H groups in total. The van der Waals surface area contributed by atoms with Gasteiger partial charge in [-0.1, -0.05) is 16.5 Å². The van der Waals surface area contributed by atoms with E-state index < -0.39 is 18.2 Å². The zero-order valence-corrected chi connectivity index (χ0v) is 21.1. The van der Waals surface area contributed by atoms with E-state index >= 15 is 4.39 Å². The number of aromatic nitrogens is 2. The maximum Gasteiger partial charge on any atom is 0.278 e. The topological polar surface area (TPSA) is 80.5 Å². The van der Waals surface area contributed by atoms with Gasteiger partial charge in [0, 0.05) is 37.0 Å². The van der Waals surface area contributed by atoms with Gasteiger partial charge >= 0.3 is 0 Å². The Morgan fingerprint density at radius 2 is 2.17 bits per heavy atom. The van der Waals surface area contributed by atoms with E-state index in [4.69, 9.17) is 9.26 Å². The number of ether oxygens (including phenoxy) is 1. The Bertz CT molecular complexity index is 999. The second-order valence-corrected chi connectivity index (χ2v) is 11.0. The number of nitrogens with one attached hydrogen (secondary N) is 1. The van der Waals surface area contributed by atoms with Crippen LogP contribution in [-0.2, 0) is 24.2 Å². The van der Waals surface area contributed by atoms with Gasteiger partial charge in [-0.25, -0.2) is 18.2 Å². The zero-order valence-electron chi connectivity index (χ0n) is 20.2. The van der Waals surface area contributed by atoms with Crippen LogP contribution in [0.25, 0.3) is 0 Å². The van der Waals surface area contributed by atoms with Crippen molar-refractivity contribution in [1.82, 2.24) is 20.4 Å². The minimum Gasteiger partial charge on any atom is -0.464 e. The molecule has 194 valence electrons. The van der Waals surface area contributed by atoms with Crippen LogP contribution in [0.3, 0.4) is 0 Å². The summed E-state index contributed by atoms with van der Waals surface area (Å²) in [6, 6.07) is 1.71. The molecule has 3 heterocycles. The average Bonchev–Trinajstić information content (AvgIpc) is 3.31. The maximum absolute atomic E-state index is 15.5. The number of alkyl halides is 3. The molecule has 1 saturated carbocycles. The van der Waals surface area contributed by atoms with E-state index in [9.17, 15) is 13.6 Å². The van der Waals surface area contributed by atoms with E-state index in [1.54, 1.807) is 13.0 Å². The quantitative estimate of drug-likeness (QED) is 0.526. The maximum atomic E-state index is 15.5. The van der Waals surface area contributed by atoms with Crippen LogP contribution < -0.4 is 10.1 Å². The van der Waals surface area contributed by atoms with Gasteiger partial charge in [0.15, 0.2) is 6.61 Å². The van der Waals surface area contributed by atoms with Crippen LogP contribution in [-0.4, -0.2) is 58.3 Å². The third-order valence-electron chi connectivity index (χ3n) is 6.59. The predicted molar refractivity (Wildman–Crippen MR) is 126 cm³/mol. The van der Waals surface area contributed by atoms with E-state index in [2.05, 4.69) is 20.4 Å². The van der Waals surface area contributed by atoms with Crippen LogP contribution in [0.1, 0.15) is 67.5 Å². The molecule has 35 heavy (non-hydrogen) atoms. The summed E-state index contributed by atoms with van der Waals surface area (Å²) >= 11 is 1.33. The molecule has 1 amide bonds. The van der Waals surface area contributed by atoms with Crippen molar-refractivity contribution >= 4 is 17.2 Å². The molecule has 0 spiro atoms. The molecule has 1 aliphatic heterocycles. The summed E-state index contributed by atoms with van der Waals surface area (Å²) < 4.78 is 52.0. The third kappa shape index (κ3) is 7.67. The van der Waals surface area contributed by atoms with Gasteiger partial charge in [-0.3, -0.25) is 9.69 Å². The molecular formula is C24H33F3N4O3S. The van der Waals surface area contributed by atoms with Gasteiger partial charge in [-0.05, 0) is 58.4 Å². The standard InChI is InChI=1S/C24H33F3N4O3S/c1-16-12-18(34-30-16)13-21(32)28-17-5-7-24(27,8-6-17)9-11-31-10-3-4-20-19(14-31)29-22(35-20)33-15-23(2,25)26/h12,17H,3-11,13-15H2,1-2H3,(H,28,32). The Labute approximate surface area is 207 Å². The lowest BCUT2D eigenvalue weighted by Gasteiger charge is -2.35. The molecule has 2 aromatic rings. The molecule has 0 saturated heterocycles. The molecule has 2 aliphatic rings. The number of thiazole rings is 1. The first-order chi connectivity index (χ1) is 16.6. The summed E-state index contributed by atoms with van der Waals surface area (Å²) in [5.74, 6) is -2.51. The SMILES string of the molecule is Cc1cc(CC(=O)NC2CCC(F)(CCN3CCCc4sc(OCC(C)(F)F)nc4C3)CC2)on1. The number of hydrogen-bond donors (Lipinski definition) is 1. The fraction of sp³-hybridized carbons (Fsp3) is 0.708. The molecule has 4 rings (SSSR count). The molecule has 0 radical (unpaired) electrons. The van der Waals surface area contributed by atoms with Gasteiger partial charge < -0.3 is 14.6 Å². The van der Waals surface area contributed by atoms with Crippen LogP contribution in [0.5, 0.6) is 5.19 Å². The van der Waals surface area contributed by atoms with Crippen LogP contribution in [0.2, 0.25) is 0 Å². The Morgan fingerprint density at radius 1 is 1.40 bits per heavy atom. The summed E-state index contributed by atoms with van der Waals surface area (Å²) in [7, 11) is 0. The predicted octanol–water partition coefficient (Wildman–Crippen LogP) is 4.62. The number of carbonyl (C=O) groups is 1. The van der Waals surface area contributed by atoms with E-state index in [-0.39, 0.29) is 23.6 Å². The Balaban J connectivity index is 1.21. The fourth-order valence-corrected chi connectivity index (χ4v) is 5.66. The van der Waals surface area contributed by atoms with Gasteiger partial charge in [-0.15, -0.1) is 0 Å². The molecule has 2 aromatic heterocycles. The lowest BCUT2D eigenvalue weighted by Crippen LogP contribution is -2.43. The molecule has 1 fully saturated rings. The van der Waals surface area contributed by atoms with Crippen molar-refractivity contribution in [2.45, 2.75) is 89.4 Å². The first-order valence-electron chi connectivity index (χ1n) is 12.2. The molecule has 1 aliphatic carbocycles. The average molecular weight is 515 g/mol. The first kappa shape index (κ1) is 25.9. The van der Waals surface area contributed by atoms with E-state index in [0.29, 0.717) is 51.0 Å². The van der Waals surface area contributed by atoms with Gasteiger partial charge in [0.2, 0.25) is 5.91 Å². The second-order valence-electron chi connectivity index (χ2n) is 9.94. The normalized spacial score (nSPS) is 23.5. The molecule has 0 aromatic carbocycles. The number of nitrogens with zero attached hydrogens (tertiary/aromatic N) is 3. The van der Waals surface area contributed by atoms with Crippen molar-refractivity contribution in [1.29, 1.82) is 0 Å². The minimum absolute atomic E-state index is 0.0277. The molecule has 11 heteroatoms. The summed E-state index contributed by atoms with van der Waals surface area (Å²) in [4.78, 5) is 19.9. The fourth-order valence-electron chi connectivity index (χ4n) is 4.70. The van der Waals surface area contributed by atoms with E-state index in [1.807, 2.05) is 0 Å². The Morgan fingerprint density at radius 3 is 2.86 bits per heavy atom. The summed E-state index contributed by atoms with van der Waals surface area (Å²) in [5.41, 5.74) is 0.336. The molecular weight excluding hydrogens is 481 g/mol. The Hall–Kier alpha value is -2.14. The minimum atomic E-state index is -2.90. The monoisotopic (exact) mass is 514 g/mol. The van der Waals surface area contributed by atoms with Crippen molar-refractivity contribution in [3.05, 3.63) is 28.1 Å². The number of aryl methyl sites for hydroxylation is 2. The zero-order chi connectivity index (χ0) is 25.1. The Kier molecular flexibility index (Phi) is 8.05. The van der Waals surface area contributed by atoms with Crippen molar-refractivity contribution in [3.63, 3.8) is 0 Å². The van der Waals surface area contributed by atoms with Crippen molar-refractivity contribution < 1.29 is 27.2 Å². The van der Waals surface area contributed by atoms with E-state index in [0.717, 1.165) is 42.6 Å². The van der Waals surface area contributed by atoms with Crippen LogP contribution in [0.15, 0.2) is 10.6 Å². The highest BCUT2D eigenvalue weighted by molar-refractivity contribution is 7.13. The molecule has 0 unspecified atom stereocenters. The van der Waals surface area contributed by atoms with E-state index in [1.165, 1.54) is 11.3 Å². The summed E-state index contributed by atoms with van der Waals surface area (Å²) in [6.45, 7) is 3.97. The van der Waals surface area contributed by atoms with Gasteiger partial charge in [0.1, 0.15) is 11.4 Å².